The Kier molecular flexibility index (Phi) is 7.01. The fourth-order valence-corrected chi connectivity index (χ4v) is 3.15. The van der Waals surface area contributed by atoms with Crippen molar-refractivity contribution in [2.24, 2.45) is 0 Å². The minimum absolute atomic E-state index is 0.0506. The summed E-state index contributed by atoms with van der Waals surface area (Å²) in [6.07, 6.45) is -0.518. The highest BCUT2D eigenvalue weighted by Gasteiger charge is 2.24. The van der Waals surface area contributed by atoms with E-state index in [2.05, 4.69) is 5.32 Å². The zero-order valence-electron chi connectivity index (χ0n) is 13.6. The van der Waals surface area contributed by atoms with Crippen LogP contribution in [0.25, 0.3) is 0 Å². The van der Waals surface area contributed by atoms with Crippen molar-refractivity contribution in [2.45, 2.75) is 18.8 Å². The number of aliphatic carboxylic acids is 1. The SMILES string of the molecule is O=C(O)CC(CC(=O)Nc1c(Cl)cc(Cl)cc1[N+](=O)[O-])c1ccc(Cl)cc1. The fourth-order valence-electron chi connectivity index (χ4n) is 2.50. The lowest BCUT2D eigenvalue weighted by Gasteiger charge is -2.16. The molecule has 10 heteroatoms. The molecule has 27 heavy (non-hydrogen) atoms. The molecule has 7 nitrogen and oxygen atoms in total. The number of carboxylic acid groups (broad SMARTS) is 1. The topological polar surface area (TPSA) is 110 Å². The van der Waals surface area contributed by atoms with Crippen molar-refractivity contribution < 1.29 is 19.6 Å². The van der Waals surface area contributed by atoms with Crippen LogP contribution in [-0.4, -0.2) is 21.9 Å². The molecule has 0 aliphatic carbocycles. The van der Waals surface area contributed by atoms with E-state index in [0.29, 0.717) is 10.6 Å². The third kappa shape index (κ3) is 5.82. The number of hydrogen-bond donors (Lipinski definition) is 2. The number of carboxylic acids is 1. The first kappa shape index (κ1) is 21.0. The average molecular weight is 432 g/mol. The van der Waals surface area contributed by atoms with Crippen LogP contribution in [0.15, 0.2) is 36.4 Å². The van der Waals surface area contributed by atoms with Crippen LogP contribution >= 0.6 is 34.8 Å². The van der Waals surface area contributed by atoms with E-state index in [1.54, 1.807) is 24.3 Å². The molecule has 2 rings (SSSR count). The summed E-state index contributed by atoms with van der Waals surface area (Å²) in [5.74, 6) is -2.35. The lowest BCUT2D eigenvalue weighted by atomic mass is 9.92. The van der Waals surface area contributed by atoms with E-state index in [1.807, 2.05) is 0 Å². The molecule has 2 aromatic rings. The van der Waals surface area contributed by atoms with Crippen LogP contribution in [0.5, 0.6) is 0 Å². The van der Waals surface area contributed by atoms with Gasteiger partial charge in [-0.3, -0.25) is 19.7 Å². The molecule has 1 unspecified atom stereocenters. The van der Waals surface area contributed by atoms with E-state index < -0.39 is 28.4 Å². The highest BCUT2D eigenvalue weighted by atomic mass is 35.5. The molecule has 0 saturated heterocycles. The third-order valence-corrected chi connectivity index (χ3v) is 4.46. The molecule has 142 valence electrons. The molecule has 0 aliphatic heterocycles. The number of nitrogens with one attached hydrogen (secondary N) is 1. The Morgan fingerprint density at radius 1 is 1.07 bits per heavy atom. The van der Waals surface area contributed by atoms with Crippen molar-refractivity contribution in [3.05, 3.63) is 67.1 Å². The zero-order chi connectivity index (χ0) is 20.1. The van der Waals surface area contributed by atoms with E-state index in [4.69, 9.17) is 39.9 Å². The van der Waals surface area contributed by atoms with Gasteiger partial charge in [-0.25, -0.2) is 0 Å². The van der Waals surface area contributed by atoms with Gasteiger partial charge in [0.15, 0.2) is 0 Å². The Balaban J connectivity index is 2.25. The number of carbonyl (C=O) groups excluding carboxylic acids is 1. The van der Waals surface area contributed by atoms with Crippen molar-refractivity contribution in [2.75, 3.05) is 5.32 Å². The summed E-state index contributed by atoms with van der Waals surface area (Å²) >= 11 is 17.6. The zero-order valence-corrected chi connectivity index (χ0v) is 15.9. The molecule has 2 aromatic carbocycles. The minimum atomic E-state index is -1.08. The highest BCUT2D eigenvalue weighted by Crippen LogP contribution is 2.36. The molecular formula is C17H13Cl3N2O5. The first-order valence-electron chi connectivity index (χ1n) is 7.58. The number of nitro groups is 1. The first-order valence-corrected chi connectivity index (χ1v) is 8.71. The first-order chi connectivity index (χ1) is 12.7. The molecule has 0 aromatic heterocycles. The maximum Gasteiger partial charge on any atom is 0.303 e. The number of halogens is 3. The maximum absolute atomic E-state index is 12.4. The van der Waals surface area contributed by atoms with Gasteiger partial charge in [0.2, 0.25) is 5.91 Å². The molecule has 0 radical (unpaired) electrons. The second-order valence-electron chi connectivity index (χ2n) is 5.64. The van der Waals surface area contributed by atoms with Crippen LogP contribution in [0, 0.1) is 10.1 Å². The molecule has 2 N–H and O–H groups in total. The summed E-state index contributed by atoms with van der Waals surface area (Å²) in [4.78, 5) is 34.0. The molecule has 0 aliphatic rings. The number of anilines is 1. The molecule has 1 amide bonds. The van der Waals surface area contributed by atoms with Crippen LogP contribution in [0.3, 0.4) is 0 Å². The smallest absolute Gasteiger partial charge is 0.303 e. The Morgan fingerprint density at radius 3 is 2.26 bits per heavy atom. The van der Waals surface area contributed by atoms with Gasteiger partial charge in [-0.1, -0.05) is 46.9 Å². The quantitative estimate of drug-likeness (QED) is 0.466. The molecule has 0 fully saturated rings. The van der Waals surface area contributed by atoms with Gasteiger partial charge in [-0.15, -0.1) is 0 Å². The van der Waals surface area contributed by atoms with Crippen LogP contribution in [0.4, 0.5) is 11.4 Å². The standard InChI is InChI=1S/C17H13Cl3N2O5/c18-11-3-1-9(2-4-11)10(6-16(24)25)5-15(23)21-17-13(20)7-12(19)8-14(17)22(26)27/h1-4,7-8,10H,5-6H2,(H,21,23)(H,24,25). The summed E-state index contributed by atoms with van der Waals surface area (Å²) in [6, 6.07) is 8.76. The Hall–Kier alpha value is -2.35. The van der Waals surface area contributed by atoms with Crippen molar-refractivity contribution in [1.82, 2.24) is 0 Å². The molecule has 0 saturated carbocycles. The lowest BCUT2D eigenvalue weighted by molar-refractivity contribution is -0.383. The van der Waals surface area contributed by atoms with Crippen LogP contribution in [-0.2, 0) is 9.59 Å². The van der Waals surface area contributed by atoms with Gasteiger partial charge in [-0.2, -0.15) is 0 Å². The van der Waals surface area contributed by atoms with E-state index in [9.17, 15) is 19.7 Å². The lowest BCUT2D eigenvalue weighted by Crippen LogP contribution is -2.18. The van der Waals surface area contributed by atoms with Gasteiger partial charge in [-0.05, 0) is 23.8 Å². The van der Waals surface area contributed by atoms with Gasteiger partial charge in [0.05, 0.1) is 16.4 Å². The number of benzene rings is 2. The minimum Gasteiger partial charge on any atom is -0.481 e. The largest absolute Gasteiger partial charge is 0.481 e. The third-order valence-electron chi connectivity index (χ3n) is 3.69. The van der Waals surface area contributed by atoms with Gasteiger partial charge in [0.25, 0.3) is 5.69 Å². The van der Waals surface area contributed by atoms with Crippen molar-refractivity contribution in [1.29, 1.82) is 0 Å². The van der Waals surface area contributed by atoms with Gasteiger partial charge in [0, 0.05) is 28.5 Å². The predicted octanol–water partition coefficient (Wildman–Crippen LogP) is 5.14. The van der Waals surface area contributed by atoms with Gasteiger partial charge in [0.1, 0.15) is 5.69 Å². The summed E-state index contributed by atoms with van der Waals surface area (Å²) in [5, 5.41) is 23.1. The van der Waals surface area contributed by atoms with Gasteiger partial charge >= 0.3 is 5.97 Å². The van der Waals surface area contributed by atoms with Crippen LogP contribution in [0.2, 0.25) is 15.1 Å². The fraction of sp³-hybridized carbons (Fsp3) is 0.176. The Labute approximate surface area is 169 Å². The molecule has 1 atom stereocenters. The summed E-state index contributed by atoms with van der Waals surface area (Å²) in [7, 11) is 0. The number of carbonyl (C=O) groups is 2. The number of nitro benzene ring substituents is 1. The van der Waals surface area contributed by atoms with Gasteiger partial charge < -0.3 is 10.4 Å². The summed E-state index contributed by atoms with van der Waals surface area (Å²) in [6.45, 7) is 0. The van der Waals surface area contributed by atoms with Crippen molar-refractivity contribution >= 4 is 58.1 Å². The Bertz CT molecular complexity index is 887. The second-order valence-corrected chi connectivity index (χ2v) is 6.92. The van der Waals surface area contributed by atoms with Crippen molar-refractivity contribution in [3.63, 3.8) is 0 Å². The molecule has 0 heterocycles. The predicted molar refractivity (Wildman–Crippen MR) is 103 cm³/mol. The van der Waals surface area contributed by atoms with E-state index in [-0.39, 0.29) is 28.6 Å². The monoisotopic (exact) mass is 430 g/mol. The van der Waals surface area contributed by atoms with Crippen LogP contribution in [0.1, 0.15) is 24.3 Å². The van der Waals surface area contributed by atoms with Crippen molar-refractivity contribution in [3.8, 4) is 0 Å². The second kappa shape index (κ2) is 9.03. The number of amides is 1. The number of hydrogen-bond acceptors (Lipinski definition) is 4. The number of nitrogens with zero attached hydrogens (tertiary/aromatic N) is 1. The summed E-state index contributed by atoms with van der Waals surface area (Å²) < 4.78 is 0. The van der Waals surface area contributed by atoms with Crippen LogP contribution < -0.4 is 5.32 Å². The molecule has 0 bridgehead atoms. The van der Waals surface area contributed by atoms with E-state index >= 15 is 0 Å². The average Bonchev–Trinajstić information content (AvgIpc) is 2.56. The van der Waals surface area contributed by atoms with E-state index in [1.165, 1.54) is 6.07 Å². The maximum atomic E-state index is 12.4. The molecular weight excluding hydrogens is 419 g/mol. The summed E-state index contributed by atoms with van der Waals surface area (Å²) in [5.41, 5.74) is -0.0444. The number of rotatable bonds is 7. The normalized spacial score (nSPS) is 11.7. The Morgan fingerprint density at radius 2 is 1.70 bits per heavy atom. The van der Waals surface area contributed by atoms with E-state index in [0.717, 1.165) is 6.07 Å². The highest BCUT2D eigenvalue weighted by molar-refractivity contribution is 6.37. The molecule has 0 spiro atoms.